The van der Waals surface area contributed by atoms with Crippen molar-refractivity contribution in [3.63, 3.8) is 0 Å². The van der Waals surface area contributed by atoms with Crippen molar-refractivity contribution < 1.29 is 4.74 Å². The molecule has 0 unspecified atom stereocenters. The Hall–Kier alpha value is -4.32. The van der Waals surface area contributed by atoms with Gasteiger partial charge in [0.05, 0.1) is 22.1 Å². The van der Waals surface area contributed by atoms with Crippen LogP contribution in [0, 0.1) is 0 Å². The van der Waals surface area contributed by atoms with E-state index < -0.39 is 0 Å². The molecule has 1 aromatic carbocycles. The van der Waals surface area contributed by atoms with Crippen molar-refractivity contribution in [3.05, 3.63) is 67.1 Å². The number of rotatable bonds is 7. The molecule has 0 aliphatic carbocycles. The van der Waals surface area contributed by atoms with E-state index in [4.69, 9.17) is 19.7 Å². The molecule has 2 aliphatic rings. The summed E-state index contributed by atoms with van der Waals surface area (Å²) in [4.78, 5) is 28.6. The van der Waals surface area contributed by atoms with Crippen molar-refractivity contribution in [1.82, 2.24) is 29.7 Å². The number of fused-ring (bicyclic) bond motifs is 1. The molecule has 226 valence electrons. The molecular formula is C33H37N9OS. The van der Waals surface area contributed by atoms with Gasteiger partial charge >= 0.3 is 0 Å². The lowest BCUT2D eigenvalue weighted by molar-refractivity contribution is 0.312. The minimum absolute atomic E-state index is 0.659. The van der Waals surface area contributed by atoms with Gasteiger partial charge in [-0.05, 0) is 56.6 Å². The number of hydrogen-bond acceptors (Lipinski definition) is 11. The number of nitrogens with zero attached hydrogens (tertiary/aromatic N) is 8. The number of ether oxygens (including phenoxy) is 1. The predicted molar refractivity (Wildman–Crippen MR) is 179 cm³/mol. The number of anilines is 3. The molecule has 2 aliphatic heterocycles. The second-order valence-corrected chi connectivity index (χ2v) is 12.5. The number of piperazine rings is 2. The van der Waals surface area contributed by atoms with Crippen LogP contribution >= 0.6 is 11.3 Å². The first-order valence-corrected chi connectivity index (χ1v) is 15.9. The molecule has 44 heavy (non-hydrogen) atoms. The fourth-order valence-corrected chi connectivity index (χ4v) is 6.53. The minimum Gasteiger partial charge on any atom is -0.456 e. The molecule has 1 N–H and O–H groups in total. The fraction of sp³-hybridized carbons (Fsp3) is 0.333. The number of thiazole rings is 1. The lowest BCUT2D eigenvalue weighted by atomic mass is 10.0. The summed E-state index contributed by atoms with van der Waals surface area (Å²) < 4.78 is 7.42. The highest BCUT2D eigenvalue weighted by molar-refractivity contribution is 7.22. The van der Waals surface area contributed by atoms with Crippen LogP contribution in [0.3, 0.4) is 0 Å². The Morgan fingerprint density at radius 2 is 1.32 bits per heavy atom. The maximum Gasteiger partial charge on any atom is 0.183 e. The zero-order chi connectivity index (χ0) is 30.0. The summed E-state index contributed by atoms with van der Waals surface area (Å²) in [5, 5.41) is 4.00. The van der Waals surface area contributed by atoms with Gasteiger partial charge < -0.3 is 29.7 Å². The van der Waals surface area contributed by atoms with Crippen molar-refractivity contribution in [1.29, 1.82) is 0 Å². The normalized spacial score (nSPS) is 16.4. The van der Waals surface area contributed by atoms with Crippen LogP contribution in [0.25, 0.3) is 32.6 Å². The van der Waals surface area contributed by atoms with Crippen LogP contribution in [-0.2, 0) is 0 Å². The Morgan fingerprint density at radius 1 is 0.682 bits per heavy atom. The van der Waals surface area contributed by atoms with Crippen molar-refractivity contribution >= 4 is 38.3 Å². The van der Waals surface area contributed by atoms with Gasteiger partial charge in [-0.3, -0.25) is 4.98 Å². The fourth-order valence-electron chi connectivity index (χ4n) is 5.68. The molecule has 0 atom stereocenters. The monoisotopic (exact) mass is 607 g/mol. The van der Waals surface area contributed by atoms with Crippen LogP contribution in [0.5, 0.6) is 11.5 Å². The third-order valence-electron chi connectivity index (χ3n) is 8.41. The summed E-state index contributed by atoms with van der Waals surface area (Å²) in [5.74, 6) is 3.40. The van der Waals surface area contributed by atoms with Gasteiger partial charge in [0.1, 0.15) is 23.1 Å². The third-order valence-corrected chi connectivity index (χ3v) is 9.44. The van der Waals surface area contributed by atoms with Crippen LogP contribution in [0.2, 0.25) is 0 Å². The summed E-state index contributed by atoms with van der Waals surface area (Å²) in [6.07, 6.45) is 5.67. The molecule has 2 saturated heterocycles. The largest absolute Gasteiger partial charge is 0.456 e. The predicted octanol–water partition coefficient (Wildman–Crippen LogP) is 5.15. The van der Waals surface area contributed by atoms with E-state index in [9.17, 15) is 0 Å². The molecule has 10 nitrogen and oxygen atoms in total. The zero-order valence-corrected chi connectivity index (χ0v) is 26.2. The van der Waals surface area contributed by atoms with Crippen molar-refractivity contribution in [2.24, 2.45) is 0 Å². The van der Waals surface area contributed by atoms with Gasteiger partial charge in [0.2, 0.25) is 0 Å². The average Bonchev–Trinajstić information content (AvgIpc) is 3.48. The molecular weight excluding hydrogens is 570 g/mol. The molecule has 2 fully saturated rings. The highest BCUT2D eigenvalue weighted by atomic mass is 32.1. The maximum absolute atomic E-state index is 6.35. The quantitative estimate of drug-likeness (QED) is 0.268. The van der Waals surface area contributed by atoms with Gasteiger partial charge in [-0.2, -0.15) is 0 Å². The van der Waals surface area contributed by atoms with Crippen LogP contribution in [0.15, 0.2) is 67.1 Å². The minimum atomic E-state index is 0.659. The molecule has 0 spiro atoms. The third kappa shape index (κ3) is 6.03. The summed E-state index contributed by atoms with van der Waals surface area (Å²) >= 11 is 1.60. The van der Waals surface area contributed by atoms with Crippen LogP contribution < -0.4 is 19.9 Å². The smallest absolute Gasteiger partial charge is 0.183 e. The van der Waals surface area contributed by atoms with Gasteiger partial charge in [0.15, 0.2) is 5.13 Å². The lowest BCUT2D eigenvalue weighted by Gasteiger charge is -2.33. The molecule has 0 amide bonds. The molecule has 5 aromatic rings. The number of aromatic nitrogens is 4. The number of hydrogen-bond donors (Lipinski definition) is 1. The van der Waals surface area contributed by atoms with Gasteiger partial charge in [0, 0.05) is 94.6 Å². The van der Waals surface area contributed by atoms with Crippen molar-refractivity contribution in [3.8, 4) is 33.9 Å². The van der Waals surface area contributed by atoms with Crippen molar-refractivity contribution in [2.75, 3.05) is 88.6 Å². The van der Waals surface area contributed by atoms with E-state index in [1.54, 1.807) is 17.5 Å². The van der Waals surface area contributed by atoms with E-state index >= 15 is 0 Å². The molecule has 0 saturated carbocycles. The van der Waals surface area contributed by atoms with Gasteiger partial charge in [-0.1, -0.05) is 11.3 Å². The molecule has 7 rings (SSSR count). The Bertz CT molecular complexity index is 1730. The zero-order valence-electron chi connectivity index (χ0n) is 25.4. The first kappa shape index (κ1) is 28.5. The van der Waals surface area contributed by atoms with Gasteiger partial charge in [-0.25, -0.2) is 15.0 Å². The number of nitrogens with one attached hydrogen (secondary N) is 1. The van der Waals surface area contributed by atoms with E-state index in [1.807, 2.05) is 37.6 Å². The molecule has 6 heterocycles. The topological polar surface area (TPSA) is 85.8 Å². The molecule has 0 radical (unpaired) electrons. The summed E-state index contributed by atoms with van der Waals surface area (Å²) in [5.41, 5.74) is 4.68. The van der Waals surface area contributed by atoms with Crippen LogP contribution in [-0.4, -0.2) is 103 Å². The number of pyridine rings is 3. The average molecular weight is 608 g/mol. The van der Waals surface area contributed by atoms with Gasteiger partial charge in [0.25, 0.3) is 0 Å². The number of benzene rings is 1. The van der Waals surface area contributed by atoms with E-state index in [2.05, 4.69) is 74.3 Å². The van der Waals surface area contributed by atoms with Gasteiger partial charge in [-0.15, -0.1) is 0 Å². The SMILES string of the molecule is CNc1nc2ccc(Oc3cnc(-c4ccc(N5CCN(C)CC5)nc4)c(-c4ccc(N5CCN(C)CC5)nc4)c3)cc2s1. The second kappa shape index (κ2) is 12.4. The lowest BCUT2D eigenvalue weighted by Crippen LogP contribution is -2.44. The first-order valence-electron chi connectivity index (χ1n) is 15.1. The molecule has 0 bridgehead atoms. The summed E-state index contributed by atoms with van der Waals surface area (Å²) in [7, 11) is 6.21. The Labute approximate surface area is 262 Å². The van der Waals surface area contributed by atoms with E-state index in [0.29, 0.717) is 5.75 Å². The first-order chi connectivity index (χ1) is 21.5. The van der Waals surface area contributed by atoms with Crippen LogP contribution in [0.4, 0.5) is 16.8 Å². The Balaban J connectivity index is 1.20. The molecule has 11 heteroatoms. The summed E-state index contributed by atoms with van der Waals surface area (Å²) in [6.45, 7) is 8.07. The van der Waals surface area contributed by atoms with Crippen molar-refractivity contribution in [2.45, 2.75) is 0 Å². The maximum atomic E-state index is 6.35. The summed E-state index contributed by atoms with van der Waals surface area (Å²) in [6, 6.07) is 16.5. The molecule has 4 aromatic heterocycles. The van der Waals surface area contributed by atoms with E-state index in [1.165, 1.54) is 0 Å². The number of likely N-dealkylation sites (N-methyl/N-ethyl adjacent to an activating group) is 2. The second-order valence-electron chi connectivity index (χ2n) is 11.5. The highest BCUT2D eigenvalue weighted by Crippen LogP contribution is 2.36. The van der Waals surface area contributed by atoms with E-state index in [0.717, 1.165) is 107 Å². The Kier molecular flexibility index (Phi) is 7.99. The Morgan fingerprint density at radius 3 is 1.91 bits per heavy atom. The van der Waals surface area contributed by atoms with E-state index in [-0.39, 0.29) is 0 Å². The van der Waals surface area contributed by atoms with Crippen LogP contribution in [0.1, 0.15) is 0 Å². The standard InChI is InChI=1S/C33H37N9OS/c1-34-33-38-28-7-6-25(19-29(28)44-33)43-26-18-27(23-4-8-30(35-20-23)41-14-10-39(2)11-15-41)32(37-22-26)24-5-9-31(36-21-24)42-16-12-40(3)13-17-42/h4-9,18-22H,10-17H2,1-3H3,(H,34,38). The highest BCUT2D eigenvalue weighted by Gasteiger charge is 2.19.